The minimum absolute atomic E-state index is 0.0257. The molecule has 0 saturated carbocycles. The quantitative estimate of drug-likeness (QED) is 0.860. The number of nitrogens with one attached hydrogen (secondary N) is 1. The first-order valence-corrected chi connectivity index (χ1v) is 9.49. The molecule has 3 rings (SSSR count). The molecule has 1 aliphatic rings. The van der Waals surface area contributed by atoms with Gasteiger partial charge in [0.25, 0.3) is 5.56 Å². The lowest BCUT2D eigenvalue weighted by Gasteiger charge is -2.35. The van der Waals surface area contributed by atoms with Gasteiger partial charge in [-0.3, -0.25) is 19.1 Å². The third kappa shape index (κ3) is 4.49. The second-order valence-electron chi connectivity index (χ2n) is 7.38. The molecule has 1 saturated heterocycles. The number of nitrogens with zero attached hydrogens (tertiary/aromatic N) is 3. The van der Waals surface area contributed by atoms with Gasteiger partial charge in [-0.25, -0.2) is 4.98 Å². The smallest absolute Gasteiger partial charge is 0.261 e. The molecule has 1 N–H and O–H groups in total. The van der Waals surface area contributed by atoms with Crippen LogP contribution in [0.1, 0.15) is 33.1 Å². The van der Waals surface area contributed by atoms with Crippen molar-refractivity contribution >= 4 is 16.8 Å². The molecule has 1 aliphatic heterocycles. The largest absolute Gasteiger partial charge is 0.354 e. The van der Waals surface area contributed by atoms with E-state index in [-0.39, 0.29) is 17.9 Å². The Morgan fingerprint density at radius 2 is 2.04 bits per heavy atom. The maximum atomic E-state index is 12.4. The van der Waals surface area contributed by atoms with Crippen LogP contribution in [-0.4, -0.2) is 46.0 Å². The fourth-order valence-corrected chi connectivity index (χ4v) is 3.44. The lowest BCUT2D eigenvalue weighted by Crippen LogP contribution is -2.45. The maximum Gasteiger partial charge on any atom is 0.261 e. The molecule has 26 heavy (non-hydrogen) atoms. The van der Waals surface area contributed by atoms with Crippen LogP contribution in [-0.2, 0) is 11.3 Å². The third-order valence-electron chi connectivity index (χ3n) is 5.35. The first-order chi connectivity index (χ1) is 12.5. The van der Waals surface area contributed by atoms with Crippen molar-refractivity contribution in [2.24, 2.45) is 5.92 Å². The number of piperidine rings is 1. The summed E-state index contributed by atoms with van der Waals surface area (Å²) in [5, 5.41) is 3.59. The van der Waals surface area contributed by atoms with E-state index < -0.39 is 0 Å². The van der Waals surface area contributed by atoms with Crippen LogP contribution in [0.25, 0.3) is 10.9 Å². The highest BCUT2D eigenvalue weighted by Gasteiger charge is 2.20. The number of fused-ring (bicyclic) bond motifs is 1. The molecule has 0 bridgehead atoms. The summed E-state index contributed by atoms with van der Waals surface area (Å²) in [6.07, 6.45) is 4.27. The standard InChI is InChI=1S/C20H28N4O2/c1-15-7-10-23(11-8-15)16(2)13-21-19(25)9-12-24-14-22-18-6-4-3-5-17(18)20(24)26/h3-6,14-16H,7-13H2,1-2H3,(H,21,25). The molecular weight excluding hydrogens is 328 g/mol. The van der Waals surface area contributed by atoms with Crippen LogP contribution in [0, 0.1) is 5.92 Å². The topological polar surface area (TPSA) is 67.2 Å². The minimum atomic E-state index is -0.0980. The zero-order chi connectivity index (χ0) is 18.5. The fourth-order valence-electron chi connectivity index (χ4n) is 3.44. The van der Waals surface area contributed by atoms with E-state index in [1.54, 1.807) is 6.07 Å². The zero-order valence-corrected chi connectivity index (χ0v) is 15.6. The summed E-state index contributed by atoms with van der Waals surface area (Å²) >= 11 is 0. The molecule has 0 radical (unpaired) electrons. The van der Waals surface area contributed by atoms with E-state index in [4.69, 9.17) is 0 Å². The van der Waals surface area contributed by atoms with Gasteiger partial charge in [-0.2, -0.15) is 0 Å². The fraction of sp³-hybridized carbons (Fsp3) is 0.550. The summed E-state index contributed by atoms with van der Waals surface area (Å²) in [4.78, 5) is 31.3. The van der Waals surface area contributed by atoms with Gasteiger partial charge in [0.2, 0.25) is 5.91 Å². The molecule has 0 spiro atoms. The van der Waals surface area contributed by atoms with E-state index in [0.717, 1.165) is 19.0 Å². The first-order valence-electron chi connectivity index (χ1n) is 9.49. The SMILES string of the molecule is CC1CCN(C(C)CNC(=O)CCn2cnc3ccccc3c2=O)CC1. The Labute approximate surface area is 154 Å². The Morgan fingerprint density at radius 3 is 2.81 bits per heavy atom. The van der Waals surface area contributed by atoms with Crippen molar-refractivity contribution in [3.63, 3.8) is 0 Å². The molecule has 1 aromatic carbocycles. The molecule has 1 unspecified atom stereocenters. The van der Waals surface area contributed by atoms with Gasteiger partial charge in [-0.1, -0.05) is 19.1 Å². The van der Waals surface area contributed by atoms with E-state index >= 15 is 0 Å². The average Bonchev–Trinajstić information content (AvgIpc) is 2.66. The number of aryl methyl sites for hydroxylation is 1. The van der Waals surface area contributed by atoms with E-state index in [1.165, 1.54) is 23.7 Å². The number of benzene rings is 1. The second kappa shape index (κ2) is 8.45. The lowest BCUT2D eigenvalue weighted by atomic mass is 9.98. The first kappa shape index (κ1) is 18.6. The zero-order valence-electron chi connectivity index (χ0n) is 15.6. The van der Waals surface area contributed by atoms with Gasteiger partial charge >= 0.3 is 0 Å². The molecule has 2 heterocycles. The van der Waals surface area contributed by atoms with Gasteiger partial charge in [0.1, 0.15) is 0 Å². The highest BCUT2D eigenvalue weighted by atomic mass is 16.1. The highest BCUT2D eigenvalue weighted by Crippen LogP contribution is 2.17. The molecule has 2 aromatic rings. The summed E-state index contributed by atoms with van der Waals surface area (Å²) in [6.45, 7) is 7.67. The lowest BCUT2D eigenvalue weighted by molar-refractivity contribution is -0.121. The molecule has 6 heteroatoms. The van der Waals surface area contributed by atoms with Crippen LogP contribution in [0.4, 0.5) is 0 Å². The average molecular weight is 356 g/mol. The Bertz CT molecular complexity index is 809. The van der Waals surface area contributed by atoms with Crippen LogP contribution in [0.5, 0.6) is 0 Å². The summed E-state index contributed by atoms with van der Waals surface area (Å²) in [5.74, 6) is 0.782. The third-order valence-corrected chi connectivity index (χ3v) is 5.35. The summed E-state index contributed by atoms with van der Waals surface area (Å²) in [7, 11) is 0. The molecule has 0 aliphatic carbocycles. The van der Waals surface area contributed by atoms with Gasteiger partial charge in [-0.05, 0) is 50.9 Å². The van der Waals surface area contributed by atoms with Gasteiger partial charge in [-0.15, -0.1) is 0 Å². The Balaban J connectivity index is 1.48. The molecule has 140 valence electrons. The normalized spacial score (nSPS) is 17.3. The van der Waals surface area contributed by atoms with Crippen molar-refractivity contribution in [1.29, 1.82) is 0 Å². The predicted molar refractivity (Wildman–Crippen MR) is 103 cm³/mol. The monoisotopic (exact) mass is 356 g/mol. The number of para-hydroxylation sites is 1. The number of hydrogen-bond acceptors (Lipinski definition) is 4. The van der Waals surface area contributed by atoms with Crippen molar-refractivity contribution in [3.05, 3.63) is 40.9 Å². The van der Waals surface area contributed by atoms with Gasteiger partial charge in [0, 0.05) is 25.6 Å². The number of carbonyl (C=O) groups excluding carboxylic acids is 1. The van der Waals surface area contributed by atoms with Crippen molar-refractivity contribution < 1.29 is 4.79 Å². The number of carbonyl (C=O) groups is 1. The van der Waals surface area contributed by atoms with E-state index in [1.807, 2.05) is 18.2 Å². The Kier molecular flexibility index (Phi) is 6.04. The van der Waals surface area contributed by atoms with Crippen molar-refractivity contribution in [1.82, 2.24) is 19.8 Å². The predicted octanol–water partition coefficient (Wildman–Crippen LogP) is 2.02. The van der Waals surface area contributed by atoms with Crippen LogP contribution < -0.4 is 10.9 Å². The molecule has 6 nitrogen and oxygen atoms in total. The van der Waals surface area contributed by atoms with Crippen LogP contribution in [0.3, 0.4) is 0 Å². The van der Waals surface area contributed by atoms with Crippen LogP contribution in [0.15, 0.2) is 35.4 Å². The van der Waals surface area contributed by atoms with Gasteiger partial charge in [0.15, 0.2) is 0 Å². The van der Waals surface area contributed by atoms with Crippen molar-refractivity contribution in [3.8, 4) is 0 Å². The van der Waals surface area contributed by atoms with Crippen LogP contribution >= 0.6 is 0 Å². The Hall–Kier alpha value is -2.21. The number of aromatic nitrogens is 2. The van der Waals surface area contributed by atoms with E-state index in [2.05, 4.69) is 29.0 Å². The highest BCUT2D eigenvalue weighted by molar-refractivity contribution is 5.77. The molecule has 1 amide bonds. The van der Waals surface area contributed by atoms with E-state index in [0.29, 0.717) is 30.0 Å². The van der Waals surface area contributed by atoms with Crippen molar-refractivity contribution in [2.45, 2.75) is 45.7 Å². The molecule has 1 fully saturated rings. The summed E-state index contributed by atoms with van der Waals surface area (Å²) in [6, 6.07) is 7.61. The van der Waals surface area contributed by atoms with Gasteiger partial charge in [0.05, 0.1) is 17.2 Å². The number of rotatable bonds is 6. The van der Waals surface area contributed by atoms with Crippen molar-refractivity contribution in [2.75, 3.05) is 19.6 Å². The summed E-state index contributed by atoms with van der Waals surface area (Å²) in [5.41, 5.74) is 0.585. The molecule has 1 aromatic heterocycles. The second-order valence-corrected chi connectivity index (χ2v) is 7.38. The number of hydrogen-bond donors (Lipinski definition) is 1. The summed E-state index contributed by atoms with van der Waals surface area (Å²) < 4.78 is 1.51. The number of likely N-dealkylation sites (tertiary alicyclic amines) is 1. The molecular formula is C20H28N4O2. The maximum absolute atomic E-state index is 12.4. The van der Waals surface area contributed by atoms with Crippen LogP contribution in [0.2, 0.25) is 0 Å². The van der Waals surface area contributed by atoms with Gasteiger partial charge < -0.3 is 5.32 Å². The minimum Gasteiger partial charge on any atom is -0.354 e. The number of amides is 1. The molecule has 1 atom stereocenters. The Morgan fingerprint density at radius 1 is 1.31 bits per heavy atom. The van der Waals surface area contributed by atoms with E-state index in [9.17, 15) is 9.59 Å².